The maximum absolute atomic E-state index is 12.6. The summed E-state index contributed by atoms with van der Waals surface area (Å²) in [6.45, 7) is 0. The molecule has 5 nitrogen and oxygen atoms in total. The number of hydrogen-bond acceptors (Lipinski definition) is 2. The van der Waals surface area contributed by atoms with E-state index in [-0.39, 0.29) is 12.3 Å². The number of halogens is 1. The molecular weight excluding hydrogens is 348 g/mol. The summed E-state index contributed by atoms with van der Waals surface area (Å²) in [6, 6.07) is 7.64. The first-order chi connectivity index (χ1) is 10.5. The summed E-state index contributed by atoms with van der Waals surface area (Å²) in [4.78, 5) is 26.8. The first-order valence-electron chi connectivity index (χ1n) is 7.31. The van der Waals surface area contributed by atoms with Crippen LogP contribution >= 0.6 is 15.9 Å². The van der Waals surface area contributed by atoms with Crippen LogP contribution in [0.2, 0.25) is 0 Å². The van der Waals surface area contributed by atoms with E-state index in [1.165, 1.54) is 0 Å². The van der Waals surface area contributed by atoms with Crippen LogP contribution in [0.4, 0.5) is 0 Å². The number of carboxylic acid groups (broad SMARTS) is 1. The van der Waals surface area contributed by atoms with Crippen molar-refractivity contribution < 1.29 is 14.7 Å². The van der Waals surface area contributed by atoms with Gasteiger partial charge in [-0.15, -0.1) is 0 Å². The Morgan fingerprint density at radius 3 is 2.59 bits per heavy atom. The van der Waals surface area contributed by atoms with Crippen LogP contribution in [-0.4, -0.2) is 27.5 Å². The second-order valence-electron chi connectivity index (χ2n) is 5.87. The molecule has 0 radical (unpaired) electrons. The van der Waals surface area contributed by atoms with Crippen molar-refractivity contribution in [3.63, 3.8) is 0 Å². The smallest absolute Gasteiger partial charge is 0.305 e. The Labute approximate surface area is 136 Å². The number of aromatic nitrogens is 1. The zero-order valence-electron chi connectivity index (χ0n) is 12.0. The van der Waals surface area contributed by atoms with Crippen LogP contribution in [0.15, 0.2) is 28.7 Å². The van der Waals surface area contributed by atoms with Crippen molar-refractivity contribution in [3.05, 3.63) is 34.4 Å². The molecule has 1 saturated carbocycles. The van der Waals surface area contributed by atoms with Crippen molar-refractivity contribution in [2.75, 3.05) is 0 Å². The first-order valence-corrected chi connectivity index (χ1v) is 8.11. The Hall–Kier alpha value is -1.82. The lowest BCUT2D eigenvalue weighted by atomic mass is 9.93. The predicted octanol–water partition coefficient (Wildman–Crippen LogP) is 3.45. The predicted molar refractivity (Wildman–Crippen MR) is 86.9 cm³/mol. The van der Waals surface area contributed by atoms with Gasteiger partial charge < -0.3 is 15.4 Å². The SMILES string of the molecule is O=C(O)CC1(NC(=O)c2[nH]c3ccccc3c2Br)CCCC1. The average molecular weight is 365 g/mol. The molecule has 2 aromatic rings. The standard InChI is InChI=1S/C16H17BrN2O3/c17-13-10-5-1-2-6-11(10)18-14(13)15(22)19-16(9-12(20)21)7-3-4-8-16/h1-2,5-6,18H,3-4,7-9H2,(H,19,22)(H,20,21). The molecular formula is C16H17BrN2O3. The summed E-state index contributed by atoms with van der Waals surface area (Å²) >= 11 is 3.46. The largest absolute Gasteiger partial charge is 0.481 e. The topological polar surface area (TPSA) is 82.2 Å². The fourth-order valence-electron chi connectivity index (χ4n) is 3.25. The van der Waals surface area contributed by atoms with E-state index in [4.69, 9.17) is 5.11 Å². The second kappa shape index (κ2) is 5.76. The number of amides is 1. The van der Waals surface area contributed by atoms with Crippen LogP contribution in [0.5, 0.6) is 0 Å². The van der Waals surface area contributed by atoms with Gasteiger partial charge in [-0.3, -0.25) is 9.59 Å². The quantitative estimate of drug-likeness (QED) is 0.776. The maximum Gasteiger partial charge on any atom is 0.305 e. The van der Waals surface area contributed by atoms with Gasteiger partial charge in [-0.2, -0.15) is 0 Å². The molecule has 3 N–H and O–H groups in total. The van der Waals surface area contributed by atoms with E-state index in [1.807, 2.05) is 24.3 Å². The number of para-hydroxylation sites is 1. The molecule has 1 aromatic carbocycles. The van der Waals surface area contributed by atoms with E-state index in [2.05, 4.69) is 26.2 Å². The Balaban J connectivity index is 1.89. The number of benzene rings is 1. The van der Waals surface area contributed by atoms with Gasteiger partial charge in [-0.25, -0.2) is 0 Å². The summed E-state index contributed by atoms with van der Waals surface area (Å²) in [7, 11) is 0. The van der Waals surface area contributed by atoms with E-state index in [0.717, 1.165) is 23.7 Å². The van der Waals surface area contributed by atoms with Gasteiger partial charge in [0, 0.05) is 10.9 Å². The van der Waals surface area contributed by atoms with Gasteiger partial charge in [-0.1, -0.05) is 31.0 Å². The van der Waals surface area contributed by atoms with Gasteiger partial charge in [0.05, 0.1) is 16.4 Å². The van der Waals surface area contributed by atoms with Crippen molar-refractivity contribution in [3.8, 4) is 0 Å². The lowest BCUT2D eigenvalue weighted by molar-refractivity contribution is -0.138. The molecule has 116 valence electrons. The van der Waals surface area contributed by atoms with Crippen LogP contribution in [-0.2, 0) is 4.79 Å². The lowest BCUT2D eigenvalue weighted by Crippen LogP contribution is -2.48. The second-order valence-corrected chi connectivity index (χ2v) is 6.66. The molecule has 0 unspecified atom stereocenters. The molecule has 3 rings (SSSR count). The summed E-state index contributed by atoms with van der Waals surface area (Å²) < 4.78 is 0.712. The number of hydrogen-bond donors (Lipinski definition) is 3. The molecule has 1 fully saturated rings. The third kappa shape index (κ3) is 2.75. The molecule has 0 atom stereocenters. The minimum atomic E-state index is -0.877. The van der Waals surface area contributed by atoms with E-state index < -0.39 is 11.5 Å². The highest BCUT2D eigenvalue weighted by atomic mass is 79.9. The molecule has 22 heavy (non-hydrogen) atoms. The van der Waals surface area contributed by atoms with Crippen molar-refractivity contribution in [2.24, 2.45) is 0 Å². The Morgan fingerprint density at radius 2 is 1.95 bits per heavy atom. The van der Waals surface area contributed by atoms with Crippen LogP contribution < -0.4 is 5.32 Å². The molecule has 0 aliphatic heterocycles. The van der Waals surface area contributed by atoms with E-state index in [9.17, 15) is 9.59 Å². The van der Waals surface area contributed by atoms with Gasteiger partial charge in [0.15, 0.2) is 0 Å². The molecule has 0 spiro atoms. The van der Waals surface area contributed by atoms with Crippen LogP contribution in [0, 0.1) is 0 Å². The van der Waals surface area contributed by atoms with Crippen molar-refractivity contribution >= 4 is 38.7 Å². The molecule has 1 heterocycles. The Kier molecular flexibility index (Phi) is 3.95. The van der Waals surface area contributed by atoms with Crippen LogP contribution in [0.3, 0.4) is 0 Å². The molecule has 1 aliphatic carbocycles. The molecule has 0 bridgehead atoms. The third-order valence-corrected chi connectivity index (χ3v) is 5.12. The minimum Gasteiger partial charge on any atom is -0.481 e. The fourth-order valence-corrected chi connectivity index (χ4v) is 3.88. The average Bonchev–Trinajstić information content (AvgIpc) is 3.04. The molecule has 1 aromatic heterocycles. The van der Waals surface area contributed by atoms with Crippen LogP contribution in [0.25, 0.3) is 10.9 Å². The minimum absolute atomic E-state index is 0.0312. The zero-order chi connectivity index (χ0) is 15.7. The number of H-pyrrole nitrogens is 1. The van der Waals surface area contributed by atoms with Crippen molar-refractivity contribution in [2.45, 2.75) is 37.6 Å². The number of nitrogens with one attached hydrogen (secondary N) is 2. The van der Waals surface area contributed by atoms with Gasteiger partial charge in [0.25, 0.3) is 5.91 Å². The van der Waals surface area contributed by atoms with E-state index in [0.29, 0.717) is 23.0 Å². The number of aromatic amines is 1. The van der Waals surface area contributed by atoms with Crippen molar-refractivity contribution in [1.82, 2.24) is 10.3 Å². The maximum atomic E-state index is 12.6. The summed E-state index contributed by atoms with van der Waals surface area (Å²) in [6.07, 6.45) is 3.28. The fraction of sp³-hybridized carbons (Fsp3) is 0.375. The number of rotatable bonds is 4. The summed E-state index contributed by atoms with van der Waals surface area (Å²) in [5.41, 5.74) is 0.690. The number of carbonyl (C=O) groups excluding carboxylic acids is 1. The molecule has 1 amide bonds. The number of carbonyl (C=O) groups is 2. The van der Waals surface area contributed by atoms with Crippen LogP contribution in [0.1, 0.15) is 42.6 Å². The highest BCUT2D eigenvalue weighted by Crippen LogP contribution is 2.34. The Bertz CT molecular complexity index is 732. The van der Waals surface area contributed by atoms with E-state index in [1.54, 1.807) is 0 Å². The number of carboxylic acids is 1. The first kappa shape index (κ1) is 15.1. The van der Waals surface area contributed by atoms with Gasteiger partial charge in [0.1, 0.15) is 5.69 Å². The summed E-state index contributed by atoms with van der Waals surface area (Å²) in [5, 5.41) is 13.0. The van der Waals surface area contributed by atoms with Crippen molar-refractivity contribution in [1.29, 1.82) is 0 Å². The third-order valence-electron chi connectivity index (χ3n) is 4.30. The highest BCUT2D eigenvalue weighted by Gasteiger charge is 2.38. The van der Waals surface area contributed by atoms with Gasteiger partial charge in [-0.05, 0) is 34.8 Å². The molecule has 6 heteroatoms. The molecule has 1 aliphatic rings. The summed E-state index contributed by atoms with van der Waals surface area (Å²) in [5.74, 6) is -1.14. The van der Waals surface area contributed by atoms with E-state index >= 15 is 0 Å². The highest BCUT2D eigenvalue weighted by molar-refractivity contribution is 9.10. The van der Waals surface area contributed by atoms with Gasteiger partial charge in [0.2, 0.25) is 0 Å². The zero-order valence-corrected chi connectivity index (χ0v) is 13.6. The monoisotopic (exact) mass is 364 g/mol. The Morgan fingerprint density at radius 1 is 1.27 bits per heavy atom. The lowest BCUT2D eigenvalue weighted by Gasteiger charge is -2.28. The number of aliphatic carboxylic acids is 1. The van der Waals surface area contributed by atoms with Gasteiger partial charge >= 0.3 is 5.97 Å². The molecule has 0 saturated heterocycles. The normalized spacial score (nSPS) is 16.8. The number of fused-ring (bicyclic) bond motifs is 1.